The van der Waals surface area contributed by atoms with Crippen LogP contribution < -0.4 is 20.5 Å². The van der Waals surface area contributed by atoms with Crippen LogP contribution in [-0.2, 0) is 26.1 Å². The number of carbonyl (C=O) groups excluding carboxylic acids is 2. The Balaban J connectivity index is 1.32. The average Bonchev–Trinajstić information content (AvgIpc) is 3.27. The summed E-state index contributed by atoms with van der Waals surface area (Å²) in [6, 6.07) is 10.5. The second-order valence-corrected chi connectivity index (χ2v) is 14.8. The number of hydrogen-bond donors (Lipinski definition) is 2. The SMILES string of the molecule is COCCNC(=O)c1ccc(N2CC3CC(C2)c2cccc(=O)n2C3)c(NS(=O)(=O)CC23CCC(CC2=O)C3(C)C)c1. The number of amides is 1. The fourth-order valence-corrected chi connectivity index (χ4v) is 10.0. The molecule has 2 aromatic rings. The third kappa shape index (κ3) is 4.84. The van der Waals surface area contributed by atoms with Gasteiger partial charge in [0, 0.05) is 63.0 Å². The van der Waals surface area contributed by atoms with Crippen molar-refractivity contribution in [1.82, 2.24) is 9.88 Å². The number of Topliss-reactive ketones (excluding diaryl/α,β-unsaturated/α-hetero) is 1. The first-order valence-corrected chi connectivity index (χ1v) is 16.5. The van der Waals surface area contributed by atoms with Crippen molar-refractivity contribution in [2.75, 3.05) is 48.7 Å². The molecule has 1 saturated heterocycles. The summed E-state index contributed by atoms with van der Waals surface area (Å²) in [6.07, 6.45) is 2.83. The number of nitrogens with one attached hydrogen (secondary N) is 2. The molecule has 4 atom stereocenters. The van der Waals surface area contributed by atoms with E-state index in [1.807, 2.05) is 24.5 Å². The number of sulfonamides is 1. The second kappa shape index (κ2) is 10.5. The molecule has 10 nitrogen and oxygen atoms in total. The zero-order valence-electron chi connectivity index (χ0n) is 24.5. The van der Waals surface area contributed by atoms with Crippen molar-refractivity contribution in [3.05, 3.63) is 58.0 Å². The van der Waals surface area contributed by atoms with Gasteiger partial charge in [-0.25, -0.2) is 8.42 Å². The molecule has 1 aromatic heterocycles. The zero-order chi connectivity index (χ0) is 29.9. The average molecular weight is 597 g/mol. The Morgan fingerprint density at radius 2 is 1.93 bits per heavy atom. The molecule has 0 radical (unpaired) electrons. The topological polar surface area (TPSA) is 127 Å². The Morgan fingerprint density at radius 3 is 2.64 bits per heavy atom. The summed E-state index contributed by atoms with van der Waals surface area (Å²) in [6.45, 7) is 6.62. The molecule has 2 N–H and O–H groups in total. The highest BCUT2D eigenvalue weighted by Crippen LogP contribution is 2.64. The van der Waals surface area contributed by atoms with E-state index in [9.17, 15) is 22.8 Å². The van der Waals surface area contributed by atoms with Crippen LogP contribution in [0.15, 0.2) is 41.2 Å². The minimum atomic E-state index is -3.96. The number of aromatic nitrogens is 1. The molecule has 2 aliphatic carbocycles. The molecule has 4 bridgehead atoms. The van der Waals surface area contributed by atoms with Gasteiger partial charge < -0.3 is 19.5 Å². The van der Waals surface area contributed by atoms with Crippen molar-refractivity contribution in [3.8, 4) is 0 Å². The van der Waals surface area contributed by atoms with Gasteiger partial charge in [-0.3, -0.25) is 19.1 Å². The van der Waals surface area contributed by atoms with Gasteiger partial charge in [0.1, 0.15) is 5.78 Å². The van der Waals surface area contributed by atoms with Crippen molar-refractivity contribution in [2.24, 2.45) is 22.7 Å². The first kappa shape index (κ1) is 28.9. The van der Waals surface area contributed by atoms with Crippen molar-refractivity contribution in [3.63, 3.8) is 0 Å². The molecule has 42 heavy (non-hydrogen) atoms. The third-order valence-corrected chi connectivity index (χ3v) is 11.9. The number of pyridine rings is 1. The van der Waals surface area contributed by atoms with E-state index in [1.165, 1.54) is 0 Å². The predicted octanol–water partition coefficient (Wildman–Crippen LogP) is 2.99. The number of methoxy groups -OCH3 is 1. The van der Waals surface area contributed by atoms with Gasteiger partial charge in [0.25, 0.3) is 11.5 Å². The van der Waals surface area contributed by atoms with Crippen LogP contribution in [0.3, 0.4) is 0 Å². The fourth-order valence-electron chi connectivity index (χ4n) is 8.13. The molecule has 226 valence electrons. The van der Waals surface area contributed by atoms with E-state index in [1.54, 1.807) is 37.4 Å². The number of carbonyl (C=O) groups is 2. The van der Waals surface area contributed by atoms with E-state index in [4.69, 9.17) is 4.74 Å². The number of piperidine rings is 1. The van der Waals surface area contributed by atoms with Gasteiger partial charge in [-0.2, -0.15) is 0 Å². The van der Waals surface area contributed by atoms with E-state index < -0.39 is 15.4 Å². The minimum Gasteiger partial charge on any atom is -0.383 e. The molecule has 0 spiro atoms. The van der Waals surface area contributed by atoms with Crippen LogP contribution >= 0.6 is 0 Å². The monoisotopic (exact) mass is 596 g/mol. The summed E-state index contributed by atoms with van der Waals surface area (Å²) in [4.78, 5) is 40.7. The van der Waals surface area contributed by atoms with Crippen molar-refractivity contribution in [1.29, 1.82) is 0 Å². The van der Waals surface area contributed by atoms with Gasteiger partial charge in [0.05, 0.1) is 29.1 Å². The molecule has 1 amide bonds. The van der Waals surface area contributed by atoms with Gasteiger partial charge in [0.2, 0.25) is 10.0 Å². The number of benzene rings is 1. The summed E-state index contributed by atoms with van der Waals surface area (Å²) in [7, 11) is -2.40. The molecule has 1 aromatic carbocycles. The van der Waals surface area contributed by atoms with E-state index in [-0.39, 0.29) is 46.2 Å². The molecule has 6 rings (SSSR count). The first-order chi connectivity index (χ1) is 19.9. The Labute approximate surface area is 246 Å². The maximum atomic E-state index is 13.9. The largest absolute Gasteiger partial charge is 0.383 e. The quantitative estimate of drug-likeness (QED) is 0.426. The molecule has 2 saturated carbocycles. The summed E-state index contributed by atoms with van der Waals surface area (Å²) >= 11 is 0. The molecule has 3 heterocycles. The van der Waals surface area contributed by atoms with Gasteiger partial charge in [-0.1, -0.05) is 19.9 Å². The highest BCUT2D eigenvalue weighted by Gasteiger charge is 2.65. The number of nitrogens with zero attached hydrogens (tertiary/aromatic N) is 2. The lowest BCUT2D eigenvalue weighted by molar-refractivity contribution is -0.128. The maximum Gasteiger partial charge on any atom is 0.251 e. The normalized spacial score (nSPS) is 27.5. The van der Waals surface area contributed by atoms with Crippen LogP contribution in [0.5, 0.6) is 0 Å². The van der Waals surface area contributed by atoms with Crippen LogP contribution in [0, 0.1) is 22.7 Å². The lowest BCUT2D eigenvalue weighted by atomic mass is 9.70. The van der Waals surface area contributed by atoms with E-state index in [2.05, 4.69) is 14.9 Å². The molecule has 4 aliphatic rings. The van der Waals surface area contributed by atoms with Crippen molar-refractivity contribution >= 4 is 33.1 Å². The van der Waals surface area contributed by atoms with Gasteiger partial charge >= 0.3 is 0 Å². The van der Waals surface area contributed by atoms with E-state index in [0.717, 1.165) is 18.5 Å². The maximum absolute atomic E-state index is 13.9. The van der Waals surface area contributed by atoms with E-state index >= 15 is 0 Å². The highest BCUT2D eigenvalue weighted by atomic mass is 32.2. The molecular formula is C31H40N4O6S. The lowest BCUT2D eigenvalue weighted by Gasteiger charge is -2.44. The van der Waals surface area contributed by atoms with Crippen molar-refractivity contribution in [2.45, 2.75) is 52.0 Å². The number of ether oxygens (including phenoxy) is 1. The summed E-state index contributed by atoms with van der Waals surface area (Å²) in [5, 5.41) is 2.80. The minimum absolute atomic E-state index is 0.00542. The first-order valence-electron chi connectivity index (χ1n) is 14.8. The third-order valence-electron chi connectivity index (χ3n) is 10.5. The predicted molar refractivity (Wildman–Crippen MR) is 160 cm³/mol. The van der Waals surface area contributed by atoms with Crippen LogP contribution in [0.4, 0.5) is 11.4 Å². The number of fused-ring (bicyclic) bond motifs is 6. The standard InChI is InChI=1S/C31H40N4O6S/c1-30(2)23-9-10-31(30,27(36)15-23)19-42(39,40)33-24-14-21(29(38)32-11-12-41-3)7-8-26(24)34-16-20-13-22(18-34)25-5-4-6-28(37)35(25)17-20/h4-8,14,20,22-23,33H,9-13,15-19H2,1-3H3,(H,32,38). The molecule has 4 unspecified atom stereocenters. The zero-order valence-corrected chi connectivity index (χ0v) is 25.3. The van der Waals surface area contributed by atoms with Gasteiger partial charge in [-0.15, -0.1) is 0 Å². The van der Waals surface area contributed by atoms with Crippen LogP contribution in [0.25, 0.3) is 0 Å². The Hall–Kier alpha value is -3.18. The highest BCUT2D eigenvalue weighted by molar-refractivity contribution is 7.92. The molecule has 3 fully saturated rings. The smallest absolute Gasteiger partial charge is 0.251 e. The Morgan fingerprint density at radius 1 is 1.12 bits per heavy atom. The number of hydrogen-bond acceptors (Lipinski definition) is 7. The van der Waals surface area contributed by atoms with Crippen LogP contribution in [0.2, 0.25) is 0 Å². The summed E-state index contributed by atoms with van der Waals surface area (Å²) in [5.41, 5.74) is 1.06. The molecule has 2 aliphatic heterocycles. The number of rotatable bonds is 9. The molecular weight excluding hydrogens is 556 g/mol. The fraction of sp³-hybridized carbons (Fsp3) is 0.581. The van der Waals surface area contributed by atoms with Gasteiger partial charge in [-0.05, 0) is 60.8 Å². The van der Waals surface area contributed by atoms with Crippen LogP contribution in [-0.4, -0.2) is 63.8 Å². The Kier molecular flexibility index (Phi) is 7.24. The van der Waals surface area contributed by atoms with Gasteiger partial charge in [0.15, 0.2) is 0 Å². The number of anilines is 2. The second-order valence-electron chi connectivity index (χ2n) is 13.1. The van der Waals surface area contributed by atoms with Crippen molar-refractivity contribution < 1.29 is 22.7 Å². The number of ketones is 1. The summed E-state index contributed by atoms with van der Waals surface area (Å²) in [5.74, 6) is -0.000118. The lowest BCUT2D eigenvalue weighted by Crippen LogP contribution is -2.47. The summed E-state index contributed by atoms with van der Waals surface area (Å²) < 4.78 is 37.4. The van der Waals surface area contributed by atoms with E-state index in [0.29, 0.717) is 62.6 Å². The van der Waals surface area contributed by atoms with Crippen LogP contribution in [0.1, 0.15) is 61.5 Å². The molecule has 11 heteroatoms. The Bertz CT molecular complexity index is 1580.